The normalized spacial score (nSPS) is 17.1. The summed E-state index contributed by atoms with van der Waals surface area (Å²) in [6, 6.07) is 1.37. The summed E-state index contributed by atoms with van der Waals surface area (Å²) < 4.78 is 0. The summed E-state index contributed by atoms with van der Waals surface area (Å²) in [5, 5.41) is 29.5. The van der Waals surface area contributed by atoms with Gasteiger partial charge in [0.05, 0.1) is 23.5 Å². The van der Waals surface area contributed by atoms with Gasteiger partial charge in [0.15, 0.2) is 11.6 Å². The number of aliphatic hydroxyl groups is 2. The van der Waals surface area contributed by atoms with Crippen LogP contribution >= 0.6 is 0 Å². The molecule has 0 fully saturated rings. The molecule has 1 aliphatic carbocycles. The lowest BCUT2D eigenvalue weighted by atomic mass is 9.84. The minimum Gasteiger partial charge on any atom is -0.507 e. The Morgan fingerprint density at radius 1 is 1.24 bits per heavy atom. The number of phenols is 1. The monoisotopic (exact) mass is 401 g/mol. The molecule has 3 atom stereocenters. The fourth-order valence-corrected chi connectivity index (χ4v) is 3.26. The lowest BCUT2D eigenvalue weighted by Crippen LogP contribution is -2.25. The Kier molecular flexibility index (Phi) is 7.11. The highest BCUT2D eigenvalue weighted by Gasteiger charge is 2.32. The van der Waals surface area contributed by atoms with E-state index in [1.54, 1.807) is 13.0 Å². The Balaban J connectivity index is 2.30. The maximum atomic E-state index is 12.9. The molecule has 0 bridgehead atoms. The maximum Gasteiger partial charge on any atom is 0.209 e. The van der Waals surface area contributed by atoms with Crippen molar-refractivity contribution in [2.24, 2.45) is 11.7 Å². The van der Waals surface area contributed by atoms with Gasteiger partial charge in [-0.15, -0.1) is 0 Å². The van der Waals surface area contributed by atoms with E-state index in [0.717, 1.165) is 6.08 Å². The van der Waals surface area contributed by atoms with Gasteiger partial charge >= 0.3 is 0 Å². The van der Waals surface area contributed by atoms with Crippen LogP contribution in [0.3, 0.4) is 0 Å². The number of carbonyl (C=O) groups excluding carboxylic acids is 3. The first-order valence-corrected chi connectivity index (χ1v) is 9.58. The van der Waals surface area contributed by atoms with Gasteiger partial charge < -0.3 is 21.1 Å². The molecule has 1 aromatic rings. The lowest BCUT2D eigenvalue weighted by molar-refractivity contribution is 0.0615. The van der Waals surface area contributed by atoms with Crippen molar-refractivity contribution in [1.29, 1.82) is 0 Å². The number of rotatable bonds is 8. The molecule has 29 heavy (non-hydrogen) atoms. The Morgan fingerprint density at radius 3 is 2.48 bits per heavy atom. The zero-order chi connectivity index (χ0) is 21.9. The smallest absolute Gasteiger partial charge is 0.209 e. The second-order valence-electron chi connectivity index (χ2n) is 7.38. The number of fused-ring (bicyclic) bond motifs is 1. The van der Waals surface area contributed by atoms with Crippen molar-refractivity contribution in [2.45, 2.75) is 52.2 Å². The summed E-state index contributed by atoms with van der Waals surface area (Å²) in [4.78, 5) is 37.7. The predicted molar refractivity (Wildman–Crippen MR) is 108 cm³/mol. The molecule has 1 aliphatic rings. The first-order chi connectivity index (χ1) is 13.6. The van der Waals surface area contributed by atoms with Crippen LogP contribution in [0.2, 0.25) is 0 Å². The number of aromatic hydroxyl groups is 1. The third kappa shape index (κ3) is 4.81. The second kappa shape index (κ2) is 9.15. The van der Waals surface area contributed by atoms with E-state index in [4.69, 9.17) is 5.73 Å². The van der Waals surface area contributed by atoms with Gasteiger partial charge in [-0.1, -0.05) is 19.1 Å². The summed E-state index contributed by atoms with van der Waals surface area (Å²) >= 11 is 0. The van der Waals surface area contributed by atoms with E-state index in [-0.39, 0.29) is 40.5 Å². The van der Waals surface area contributed by atoms with Crippen LogP contribution in [0.1, 0.15) is 69.7 Å². The number of nitrogens with two attached hydrogens (primary N) is 1. The highest BCUT2D eigenvalue weighted by molar-refractivity contribution is 6.27. The van der Waals surface area contributed by atoms with Crippen LogP contribution in [0.4, 0.5) is 0 Å². The van der Waals surface area contributed by atoms with Gasteiger partial charge in [0.2, 0.25) is 5.78 Å². The second-order valence-corrected chi connectivity index (χ2v) is 7.38. The van der Waals surface area contributed by atoms with Crippen LogP contribution in [0.25, 0.3) is 0 Å². The van der Waals surface area contributed by atoms with Crippen LogP contribution < -0.4 is 5.73 Å². The largest absolute Gasteiger partial charge is 0.507 e. The fraction of sp³-hybridized carbons (Fsp3) is 0.409. The molecule has 0 saturated heterocycles. The average molecular weight is 401 g/mol. The molecule has 7 nitrogen and oxygen atoms in total. The Labute approximate surface area is 169 Å². The van der Waals surface area contributed by atoms with Gasteiger partial charge in [-0.25, -0.2) is 0 Å². The Morgan fingerprint density at radius 2 is 1.90 bits per heavy atom. The first-order valence-electron chi connectivity index (χ1n) is 9.58. The number of allylic oxidation sites excluding steroid dienone is 3. The molecule has 0 spiro atoms. The van der Waals surface area contributed by atoms with E-state index in [1.807, 2.05) is 6.92 Å². The predicted octanol–water partition coefficient (Wildman–Crippen LogP) is 2.21. The van der Waals surface area contributed by atoms with Crippen LogP contribution in [0, 0.1) is 12.8 Å². The summed E-state index contributed by atoms with van der Waals surface area (Å²) in [6.45, 7) is 4.95. The summed E-state index contributed by atoms with van der Waals surface area (Å²) in [7, 11) is 0. The number of hydrogen-bond donors (Lipinski definition) is 4. The summed E-state index contributed by atoms with van der Waals surface area (Å²) in [5.41, 5.74) is 5.48. The molecule has 7 heteroatoms. The first kappa shape index (κ1) is 22.5. The molecule has 0 aliphatic heterocycles. The highest BCUT2D eigenvalue weighted by atomic mass is 16.3. The van der Waals surface area contributed by atoms with Crippen LogP contribution in [-0.2, 0) is 0 Å². The molecule has 0 amide bonds. The van der Waals surface area contributed by atoms with Gasteiger partial charge in [-0.2, -0.15) is 0 Å². The number of carbonyl (C=O) groups is 3. The van der Waals surface area contributed by atoms with E-state index in [0.29, 0.717) is 18.4 Å². The number of phenolic OH excluding ortho intramolecular Hbond substituents is 1. The SMILES string of the molecule is CCC(/C=C/C(O)C(C)O)CCC(=O)c1c(O)c(C)cc2c1C(=O)C=C(N)C2=O. The number of aryl methyl sites for hydroxylation is 1. The van der Waals surface area contributed by atoms with Crippen molar-refractivity contribution in [3.63, 3.8) is 0 Å². The molecule has 5 N–H and O–H groups in total. The number of benzene rings is 1. The van der Waals surface area contributed by atoms with Crippen molar-refractivity contribution >= 4 is 17.3 Å². The van der Waals surface area contributed by atoms with E-state index in [9.17, 15) is 29.7 Å². The van der Waals surface area contributed by atoms with Gasteiger partial charge in [-0.3, -0.25) is 14.4 Å². The van der Waals surface area contributed by atoms with Crippen molar-refractivity contribution in [1.82, 2.24) is 0 Å². The van der Waals surface area contributed by atoms with Crippen LogP contribution in [0.5, 0.6) is 5.75 Å². The maximum absolute atomic E-state index is 12.9. The fourth-order valence-electron chi connectivity index (χ4n) is 3.26. The van der Waals surface area contributed by atoms with Crippen molar-refractivity contribution in [2.75, 3.05) is 0 Å². The molecule has 2 rings (SSSR count). The van der Waals surface area contributed by atoms with Gasteiger partial charge in [0, 0.05) is 23.6 Å². The molecule has 0 saturated carbocycles. The quantitative estimate of drug-likeness (QED) is 0.387. The molecular formula is C22H27NO6. The lowest BCUT2D eigenvalue weighted by Gasteiger charge is -2.19. The number of aliphatic hydroxyl groups excluding tert-OH is 2. The zero-order valence-corrected chi connectivity index (χ0v) is 16.8. The number of ketones is 3. The third-order valence-electron chi connectivity index (χ3n) is 5.15. The van der Waals surface area contributed by atoms with Crippen LogP contribution in [-0.4, -0.2) is 44.9 Å². The molecule has 0 radical (unpaired) electrons. The summed E-state index contributed by atoms with van der Waals surface area (Å²) in [6.07, 6.45) is 3.48. The van der Waals surface area contributed by atoms with E-state index < -0.39 is 29.6 Å². The summed E-state index contributed by atoms with van der Waals surface area (Å²) in [5.74, 6) is -1.92. The Hall–Kier alpha value is -2.77. The van der Waals surface area contributed by atoms with E-state index in [2.05, 4.69) is 0 Å². The molecule has 0 heterocycles. The number of hydrogen-bond acceptors (Lipinski definition) is 7. The molecule has 1 aromatic carbocycles. The van der Waals surface area contributed by atoms with Gasteiger partial charge in [-0.05, 0) is 44.2 Å². The topological polar surface area (TPSA) is 138 Å². The van der Waals surface area contributed by atoms with Crippen LogP contribution in [0.15, 0.2) is 30.0 Å². The van der Waals surface area contributed by atoms with Gasteiger partial charge in [0.25, 0.3) is 0 Å². The number of Topliss-reactive ketones (excluding diaryl/α,β-unsaturated/α-hetero) is 2. The highest BCUT2D eigenvalue weighted by Crippen LogP contribution is 2.34. The van der Waals surface area contributed by atoms with Crippen molar-refractivity contribution in [3.8, 4) is 5.75 Å². The minimum absolute atomic E-state index is 0.0284. The molecule has 156 valence electrons. The molecule has 0 aromatic heterocycles. The minimum atomic E-state index is -0.992. The standard InChI is InChI=1S/C22H27NO6/c1-4-13(5-7-16(25)12(3)24)6-8-17(26)20-19-14(9-11(2)21(20)28)22(29)15(23)10-18(19)27/h5,7,9-10,12-13,16,24-25,28H,4,6,8,23H2,1-3H3/b7-5+. The third-order valence-corrected chi connectivity index (χ3v) is 5.15. The molecular weight excluding hydrogens is 374 g/mol. The molecule has 3 unspecified atom stereocenters. The van der Waals surface area contributed by atoms with Crippen molar-refractivity contribution in [3.05, 3.63) is 52.2 Å². The Bertz CT molecular complexity index is 897. The van der Waals surface area contributed by atoms with Gasteiger partial charge in [0.1, 0.15) is 5.75 Å². The zero-order valence-electron chi connectivity index (χ0n) is 16.8. The van der Waals surface area contributed by atoms with E-state index in [1.165, 1.54) is 19.1 Å². The average Bonchev–Trinajstić information content (AvgIpc) is 2.67. The van der Waals surface area contributed by atoms with Crippen molar-refractivity contribution < 1.29 is 29.7 Å². The van der Waals surface area contributed by atoms with E-state index >= 15 is 0 Å².